The minimum atomic E-state index is -0.220. The van der Waals surface area contributed by atoms with Gasteiger partial charge in [0.2, 0.25) is 0 Å². The summed E-state index contributed by atoms with van der Waals surface area (Å²) in [5.74, 6) is 0.731. The minimum Gasteiger partial charge on any atom is -0.490 e. The molecule has 0 saturated heterocycles. The van der Waals surface area contributed by atoms with E-state index < -0.39 is 0 Å². The third-order valence-corrected chi connectivity index (χ3v) is 3.17. The largest absolute Gasteiger partial charge is 0.490 e. The van der Waals surface area contributed by atoms with Crippen LogP contribution in [0.5, 0.6) is 11.5 Å². The molecule has 0 aliphatic heterocycles. The third kappa shape index (κ3) is 5.31. The fourth-order valence-electron chi connectivity index (χ4n) is 2.05. The highest BCUT2D eigenvalue weighted by molar-refractivity contribution is 5.80. The van der Waals surface area contributed by atoms with Crippen molar-refractivity contribution >= 4 is 12.1 Å². The molecular formula is C18H20N2O4. The summed E-state index contributed by atoms with van der Waals surface area (Å²) in [5, 5.41) is 14.4. The van der Waals surface area contributed by atoms with Gasteiger partial charge < -0.3 is 20.0 Å². The molecule has 0 heterocycles. The van der Waals surface area contributed by atoms with Crippen LogP contribution in [0.25, 0.3) is 0 Å². The van der Waals surface area contributed by atoms with Gasteiger partial charge >= 0.3 is 0 Å². The molecule has 0 atom stereocenters. The van der Waals surface area contributed by atoms with Crippen molar-refractivity contribution in [3.63, 3.8) is 0 Å². The van der Waals surface area contributed by atoms with E-state index in [0.29, 0.717) is 30.2 Å². The zero-order valence-electron chi connectivity index (χ0n) is 13.4. The van der Waals surface area contributed by atoms with Gasteiger partial charge in [0.05, 0.1) is 12.8 Å². The number of benzene rings is 2. The van der Waals surface area contributed by atoms with E-state index >= 15 is 0 Å². The van der Waals surface area contributed by atoms with Crippen LogP contribution in [0, 0.1) is 0 Å². The number of rotatable bonds is 8. The molecule has 6 heteroatoms. The molecule has 2 aromatic carbocycles. The molecule has 0 radical (unpaired) electrons. The van der Waals surface area contributed by atoms with Gasteiger partial charge in [-0.15, -0.1) is 0 Å². The zero-order chi connectivity index (χ0) is 17.2. The Hall–Kier alpha value is -3.02. The number of hydrogen-bond acceptors (Lipinski definition) is 5. The molecule has 0 spiro atoms. The van der Waals surface area contributed by atoms with Crippen LogP contribution in [0.1, 0.15) is 18.1 Å². The average Bonchev–Trinajstić information content (AvgIpc) is 2.61. The topological polar surface area (TPSA) is 80.2 Å². The van der Waals surface area contributed by atoms with Crippen molar-refractivity contribution in [3.05, 3.63) is 59.7 Å². The molecule has 24 heavy (non-hydrogen) atoms. The highest BCUT2D eigenvalue weighted by Crippen LogP contribution is 2.28. The Morgan fingerprint density at radius 2 is 1.96 bits per heavy atom. The van der Waals surface area contributed by atoms with Crippen molar-refractivity contribution in [2.24, 2.45) is 5.16 Å². The molecular weight excluding hydrogens is 308 g/mol. The van der Waals surface area contributed by atoms with Crippen LogP contribution in [0.3, 0.4) is 0 Å². The Morgan fingerprint density at radius 1 is 1.17 bits per heavy atom. The molecule has 0 bridgehead atoms. The third-order valence-electron chi connectivity index (χ3n) is 3.17. The first-order valence-electron chi connectivity index (χ1n) is 7.60. The van der Waals surface area contributed by atoms with Crippen molar-refractivity contribution in [2.75, 3.05) is 13.2 Å². The zero-order valence-corrected chi connectivity index (χ0v) is 13.4. The Balaban J connectivity index is 1.91. The first-order valence-corrected chi connectivity index (χ1v) is 7.60. The molecule has 6 nitrogen and oxygen atoms in total. The van der Waals surface area contributed by atoms with E-state index in [-0.39, 0.29) is 12.5 Å². The van der Waals surface area contributed by atoms with Gasteiger partial charge in [-0.3, -0.25) is 4.79 Å². The van der Waals surface area contributed by atoms with Gasteiger partial charge in [-0.2, -0.15) is 0 Å². The molecule has 0 saturated carbocycles. The summed E-state index contributed by atoms with van der Waals surface area (Å²) in [6, 6.07) is 14.7. The normalized spacial score (nSPS) is 10.5. The van der Waals surface area contributed by atoms with Gasteiger partial charge in [-0.05, 0) is 30.7 Å². The molecule has 2 N–H and O–H groups in total. The van der Waals surface area contributed by atoms with E-state index in [2.05, 4.69) is 10.5 Å². The number of oxime groups is 1. The van der Waals surface area contributed by atoms with Crippen LogP contribution in [0.4, 0.5) is 0 Å². The maximum atomic E-state index is 11.9. The van der Waals surface area contributed by atoms with Crippen LogP contribution in [-0.2, 0) is 11.3 Å². The second-order valence-corrected chi connectivity index (χ2v) is 4.93. The number of carbonyl (C=O) groups excluding carboxylic acids is 1. The van der Waals surface area contributed by atoms with Crippen LogP contribution in [-0.4, -0.2) is 30.5 Å². The summed E-state index contributed by atoms with van der Waals surface area (Å²) < 4.78 is 11.0. The van der Waals surface area contributed by atoms with Crippen molar-refractivity contribution in [1.82, 2.24) is 5.32 Å². The SMILES string of the molecule is CCOc1cc(C=NO)ccc1OCC(=O)NCc1ccccc1. The first kappa shape index (κ1) is 17.3. The van der Waals surface area contributed by atoms with Gasteiger partial charge in [-0.1, -0.05) is 35.5 Å². The highest BCUT2D eigenvalue weighted by atomic mass is 16.5. The fraction of sp³-hybridized carbons (Fsp3) is 0.222. The Bertz CT molecular complexity index is 687. The van der Waals surface area contributed by atoms with Crippen LogP contribution >= 0.6 is 0 Å². The Morgan fingerprint density at radius 3 is 2.67 bits per heavy atom. The van der Waals surface area contributed by atoms with Crippen molar-refractivity contribution in [2.45, 2.75) is 13.5 Å². The second-order valence-electron chi connectivity index (χ2n) is 4.93. The van der Waals surface area contributed by atoms with E-state index in [0.717, 1.165) is 5.56 Å². The Labute approximate surface area is 140 Å². The van der Waals surface area contributed by atoms with E-state index in [1.165, 1.54) is 6.21 Å². The van der Waals surface area contributed by atoms with Gasteiger partial charge in [0.1, 0.15) is 0 Å². The molecule has 1 amide bonds. The number of nitrogens with one attached hydrogen (secondary N) is 1. The van der Waals surface area contributed by atoms with Crippen molar-refractivity contribution in [1.29, 1.82) is 0 Å². The first-order chi connectivity index (χ1) is 11.7. The summed E-state index contributed by atoms with van der Waals surface area (Å²) in [6.07, 6.45) is 1.29. The number of hydrogen-bond donors (Lipinski definition) is 2. The molecule has 0 aromatic heterocycles. The number of nitrogens with zero attached hydrogens (tertiary/aromatic N) is 1. The van der Waals surface area contributed by atoms with E-state index in [9.17, 15) is 4.79 Å². The summed E-state index contributed by atoms with van der Waals surface area (Å²) >= 11 is 0. The fourth-order valence-corrected chi connectivity index (χ4v) is 2.05. The monoisotopic (exact) mass is 328 g/mol. The summed E-state index contributed by atoms with van der Waals surface area (Å²) in [5.41, 5.74) is 1.69. The van der Waals surface area contributed by atoms with E-state index in [1.54, 1.807) is 18.2 Å². The second kappa shape index (κ2) is 9.19. The number of carbonyl (C=O) groups is 1. The number of amides is 1. The van der Waals surface area contributed by atoms with Crippen LogP contribution in [0.2, 0.25) is 0 Å². The minimum absolute atomic E-state index is 0.111. The molecule has 0 unspecified atom stereocenters. The number of ether oxygens (including phenoxy) is 2. The predicted molar refractivity (Wildman–Crippen MR) is 90.8 cm³/mol. The molecule has 126 valence electrons. The lowest BCUT2D eigenvalue weighted by molar-refractivity contribution is -0.123. The summed E-state index contributed by atoms with van der Waals surface area (Å²) in [7, 11) is 0. The van der Waals surface area contributed by atoms with Gasteiger partial charge in [0.15, 0.2) is 18.1 Å². The lowest BCUT2D eigenvalue weighted by Crippen LogP contribution is -2.28. The lowest BCUT2D eigenvalue weighted by Gasteiger charge is -2.12. The summed E-state index contributed by atoms with van der Waals surface area (Å²) in [4.78, 5) is 11.9. The molecule has 0 aliphatic rings. The van der Waals surface area contributed by atoms with E-state index in [1.807, 2.05) is 37.3 Å². The van der Waals surface area contributed by atoms with E-state index in [4.69, 9.17) is 14.7 Å². The van der Waals surface area contributed by atoms with Crippen molar-refractivity contribution < 1.29 is 19.5 Å². The lowest BCUT2D eigenvalue weighted by atomic mass is 10.2. The quantitative estimate of drug-likeness (QED) is 0.443. The van der Waals surface area contributed by atoms with Crippen molar-refractivity contribution in [3.8, 4) is 11.5 Å². The van der Waals surface area contributed by atoms with Crippen LogP contribution < -0.4 is 14.8 Å². The van der Waals surface area contributed by atoms with Crippen LogP contribution in [0.15, 0.2) is 53.7 Å². The smallest absolute Gasteiger partial charge is 0.258 e. The average molecular weight is 328 g/mol. The van der Waals surface area contributed by atoms with Gasteiger partial charge in [0.25, 0.3) is 5.91 Å². The maximum Gasteiger partial charge on any atom is 0.258 e. The highest BCUT2D eigenvalue weighted by Gasteiger charge is 2.09. The molecule has 0 fully saturated rings. The van der Waals surface area contributed by atoms with Gasteiger partial charge in [0, 0.05) is 12.1 Å². The maximum absolute atomic E-state index is 11.9. The summed E-state index contributed by atoms with van der Waals surface area (Å²) in [6.45, 7) is 2.65. The standard InChI is InChI=1S/C18H20N2O4/c1-2-23-17-10-15(12-20-22)8-9-16(17)24-13-18(21)19-11-14-6-4-3-5-7-14/h3-10,12,22H,2,11,13H2,1H3,(H,19,21). The molecule has 0 aliphatic carbocycles. The molecule has 2 aromatic rings. The Kier molecular flexibility index (Phi) is 6.64. The van der Waals surface area contributed by atoms with Gasteiger partial charge in [-0.25, -0.2) is 0 Å². The predicted octanol–water partition coefficient (Wildman–Crippen LogP) is 2.59. The molecule has 2 rings (SSSR count).